The largest absolute Gasteiger partial charge is 0.508 e. The Kier molecular flexibility index (Phi) is 2.99. The first-order valence-electron chi connectivity index (χ1n) is 5.28. The number of nitro benzene ring substituents is 1. The van der Waals surface area contributed by atoms with Crippen LogP contribution in [0.5, 0.6) is 5.75 Å². The SMILES string of the molecule is COC1(Cc2cc(O)ccc2[N+](=O)[O-])CNC1. The Morgan fingerprint density at radius 3 is 2.76 bits per heavy atom. The van der Waals surface area contributed by atoms with Crippen molar-refractivity contribution in [3.8, 4) is 5.75 Å². The van der Waals surface area contributed by atoms with E-state index in [0.29, 0.717) is 25.1 Å². The molecule has 0 aliphatic carbocycles. The number of nitrogens with one attached hydrogen (secondary N) is 1. The molecule has 92 valence electrons. The third-order valence-corrected chi connectivity index (χ3v) is 3.10. The molecule has 0 unspecified atom stereocenters. The molecule has 1 saturated heterocycles. The van der Waals surface area contributed by atoms with Crippen LogP contribution in [0, 0.1) is 10.1 Å². The lowest BCUT2D eigenvalue weighted by Gasteiger charge is -2.41. The van der Waals surface area contributed by atoms with Crippen molar-refractivity contribution in [3.05, 3.63) is 33.9 Å². The number of rotatable bonds is 4. The highest BCUT2D eigenvalue weighted by atomic mass is 16.6. The van der Waals surface area contributed by atoms with Crippen molar-refractivity contribution in [1.29, 1.82) is 0 Å². The zero-order valence-corrected chi connectivity index (χ0v) is 9.47. The molecule has 1 aliphatic heterocycles. The molecule has 1 aliphatic rings. The topological polar surface area (TPSA) is 84.6 Å². The summed E-state index contributed by atoms with van der Waals surface area (Å²) in [5.74, 6) is 0.0316. The maximum atomic E-state index is 10.9. The Labute approximate surface area is 98.4 Å². The van der Waals surface area contributed by atoms with Gasteiger partial charge in [-0.05, 0) is 12.1 Å². The van der Waals surface area contributed by atoms with Crippen molar-refractivity contribution in [2.75, 3.05) is 20.2 Å². The molecule has 17 heavy (non-hydrogen) atoms. The minimum atomic E-state index is -0.440. The van der Waals surface area contributed by atoms with Gasteiger partial charge >= 0.3 is 0 Å². The lowest BCUT2D eigenvalue weighted by atomic mass is 9.88. The van der Waals surface area contributed by atoms with Crippen LogP contribution in [0.2, 0.25) is 0 Å². The normalized spacial score (nSPS) is 17.5. The van der Waals surface area contributed by atoms with Crippen molar-refractivity contribution in [2.24, 2.45) is 0 Å². The zero-order valence-electron chi connectivity index (χ0n) is 9.47. The Morgan fingerprint density at radius 2 is 2.29 bits per heavy atom. The maximum Gasteiger partial charge on any atom is 0.272 e. The van der Waals surface area contributed by atoms with Crippen LogP contribution in [0.4, 0.5) is 5.69 Å². The van der Waals surface area contributed by atoms with Crippen LogP contribution < -0.4 is 5.32 Å². The van der Waals surface area contributed by atoms with E-state index >= 15 is 0 Å². The van der Waals surface area contributed by atoms with Gasteiger partial charge in [-0.25, -0.2) is 0 Å². The van der Waals surface area contributed by atoms with E-state index in [1.165, 1.54) is 18.2 Å². The lowest BCUT2D eigenvalue weighted by Crippen LogP contribution is -2.61. The van der Waals surface area contributed by atoms with E-state index < -0.39 is 10.5 Å². The molecular weight excluding hydrogens is 224 g/mol. The van der Waals surface area contributed by atoms with Gasteiger partial charge in [-0.1, -0.05) is 0 Å². The highest BCUT2D eigenvalue weighted by molar-refractivity contribution is 5.45. The van der Waals surface area contributed by atoms with Gasteiger partial charge in [0, 0.05) is 38.2 Å². The summed E-state index contributed by atoms with van der Waals surface area (Å²) in [5, 5.41) is 23.4. The van der Waals surface area contributed by atoms with E-state index in [1.54, 1.807) is 7.11 Å². The van der Waals surface area contributed by atoms with Crippen LogP contribution in [0.15, 0.2) is 18.2 Å². The summed E-state index contributed by atoms with van der Waals surface area (Å²) in [7, 11) is 1.59. The fourth-order valence-electron chi connectivity index (χ4n) is 1.98. The van der Waals surface area contributed by atoms with Gasteiger partial charge in [0.1, 0.15) is 5.75 Å². The Hall–Kier alpha value is -1.66. The number of methoxy groups -OCH3 is 1. The van der Waals surface area contributed by atoms with Gasteiger partial charge in [0.2, 0.25) is 0 Å². The number of phenolic OH excluding ortho intramolecular Hbond substituents is 1. The van der Waals surface area contributed by atoms with Gasteiger partial charge < -0.3 is 15.2 Å². The second-order valence-electron chi connectivity index (χ2n) is 4.24. The number of hydrogen-bond acceptors (Lipinski definition) is 5. The summed E-state index contributed by atoms with van der Waals surface area (Å²) in [4.78, 5) is 10.4. The molecule has 0 atom stereocenters. The summed E-state index contributed by atoms with van der Waals surface area (Å²) in [6.45, 7) is 1.33. The van der Waals surface area contributed by atoms with Gasteiger partial charge in [-0.3, -0.25) is 10.1 Å². The van der Waals surface area contributed by atoms with Gasteiger partial charge in [0.05, 0.1) is 10.5 Å². The molecule has 0 bridgehead atoms. The van der Waals surface area contributed by atoms with Crippen molar-refractivity contribution < 1.29 is 14.8 Å². The average Bonchev–Trinajstić information content (AvgIpc) is 2.23. The third kappa shape index (κ3) is 2.22. The number of ether oxygens (including phenoxy) is 1. The fourth-order valence-corrected chi connectivity index (χ4v) is 1.98. The van der Waals surface area contributed by atoms with Crippen LogP contribution in [0.1, 0.15) is 5.56 Å². The molecule has 2 rings (SSSR count). The summed E-state index contributed by atoms with van der Waals surface area (Å²) < 4.78 is 5.39. The summed E-state index contributed by atoms with van der Waals surface area (Å²) >= 11 is 0. The van der Waals surface area contributed by atoms with Gasteiger partial charge in [-0.2, -0.15) is 0 Å². The highest BCUT2D eigenvalue weighted by Gasteiger charge is 2.38. The average molecular weight is 238 g/mol. The monoisotopic (exact) mass is 238 g/mol. The van der Waals surface area contributed by atoms with E-state index in [-0.39, 0.29) is 11.4 Å². The molecule has 2 N–H and O–H groups in total. The fraction of sp³-hybridized carbons (Fsp3) is 0.455. The van der Waals surface area contributed by atoms with Gasteiger partial charge in [-0.15, -0.1) is 0 Å². The Balaban J connectivity index is 2.30. The number of aromatic hydroxyl groups is 1. The van der Waals surface area contributed by atoms with E-state index in [0.717, 1.165) is 0 Å². The molecule has 1 aromatic rings. The van der Waals surface area contributed by atoms with Crippen LogP contribution in [-0.4, -0.2) is 35.8 Å². The van der Waals surface area contributed by atoms with E-state index in [1.807, 2.05) is 0 Å². The quantitative estimate of drug-likeness (QED) is 0.599. The lowest BCUT2D eigenvalue weighted by molar-refractivity contribution is -0.385. The first-order chi connectivity index (χ1) is 8.06. The molecule has 6 nitrogen and oxygen atoms in total. The zero-order chi connectivity index (χ0) is 12.5. The minimum Gasteiger partial charge on any atom is -0.508 e. The number of nitrogens with zero attached hydrogens (tertiary/aromatic N) is 1. The smallest absolute Gasteiger partial charge is 0.272 e. The number of phenols is 1. The maximum absolute atomic E-state index is 10.9. The first-order valence-corrected chi connectivity index (χ1v) is 5.28. The second-order valence-corrected chi connectivity index (χ2v) is 4.24. The number of nitro groups is 1. The summed E-state index contributed by atoms with van der Waals surface area (Å²) in [6, 6.07) is 4.07. The predicted molar refractivity (Wildman–Crippen MR) is 61.1 cm³/mol. The minimum absolute atomic E-state index is 0.0196. The number of hydrogen-bond donors (Lipinski definition) is 2. The van der Waals surface area contributed by atoms with Crippen LogP contribution in [0.3, 0.4) is 0 Å². The van der Waals surface area contributed by atoms with Crippen molar-refractivity contribution in [3.63, 3.8) is 0 Å². The van der Waals surface area contributed by atoms with E-state index in [4.69, 9.17) is 4.74 Å². The molecule has 1 heterocycles. The molecule has 0 aromatic heterocycles. The summed E-state index contributed by atoms with van der Waals surface area (Å²) in [5.41, 5.74) is 0.128. The molecule has 1 fully saturated rings. The van der Waals surface area contributed by atoms with E-state index in [2.05, 4.69) is 5.32 Å². The van der Waals surface area contributed by atoms with Crippen LogP contribution >= 0.6 is 0 Å². The molecule has 0 amide bonds. The van der Waals surface area contributed by atoms with Gasteiger partial charge in [0.15, 0.2) is 0 Å². The highest BCUT2D eigenvalue weighted by Crippen LogP contribution is 2.29. The standard InChI is InChI=1S/C11H14N2O4/c1-17-11(6-12-7-11)5-8-4-9(14)2-3-10(8)13(15)16/h2-4,12,14H,5-7H2,1H3. The van der Waals surface area contributed by atoms with Crippen molar-refractivity contribution in [1.82, 2.24) is 5.32 Å². The third-order valence-electron chi connectivity index (χ3n) is 3.10. The Morgan fingerprint density at radius 1 is 1.59 bits per heavy atom. The number of benzene rings is 1. The van der Waals surface area contributed by atoms with Crippen LogP contribution in [0.25, 0.3) is 0 Å². The van der Waals surface area contributed by atoms with Crippen molar-refractivity contribution in [2.45, 2.75) is 12.0 Å². The Bertz CT molecular complexity index is 438. The molecule has 6 heteroatoms. The molecule has 0 saturated carbocycles. The molecule has 1 aromatic carbocycles. The first kappa shape index (κ1) is 11.8. The molecule has 0 radical (unpaired) electrons. The van der Waals surface area contributed by atoms with E-state index in [9.17, 15) is 15.2 Å². The predicted octanol–water partition coefficient (Wildman–Crippen LogP) is 0.831. The van der Waals surface area contributed by atoms with Crippen molar-refractivity contribution >= 4 is 5.69 Å². The second kappa shape index (κ2) is 4.31. The summed E-state index contributed by atoms with van der Waals surface area (Å²) in [6.07, 6.45) is 0.418. The molecular formula is C11H14N2O4. The molecule has 0 spiro atoms. The van der Waals surface area contributed by atoms with Gasteiger partial charge in [0.25, 0.3) is 5.69 Å². The van der Waals surface area contributed by atoms with Crippen LogP contribution in [-0.2, 0) is 11.2 Å².